The van der Waals surface area contributed by atoms with Crippen LogP contribution in [0.25, 0.3) is 0 Å². The minimum atomic E-state index is -0.288. The Morgan fingerprint density at radius 1 is 1.08 bits per heavy atom. The van der Waals surface area contributed by atoms with Crippen molar-refractivity contribution in [1.29, 1.82) is 0 Å². The van der Waals surface area contributed by atoms with Crippen molar-refractivity contribution in [2.24, 2.45) is 11.8 Å². The van der Waals surface area contributed by atoms with E-state index in [1.165, 1.54) is 0 Å². The number of amides is 3. The molecule has 1 N–H and O–H groups in total. The van der Waals surface area contributed by atoms with Crippen LogP contribution in [0.5, 0.6) is 0 Å². The molecule has 2 fully saturated rings. The predicted octanol–water partition coefficient (Wildman–Crippen LogP) is 2.17. The van der Waals surface area contributed by atoms with Gasteiger partial charge in [0.2, 0.25) is 17.7 Å². The number of halogens is 1. The average molecular weight is 349 g/mol. The molecule has 3 amide bonds. The molecule has 128 valence electrons. The monoisotopic (exact) mass is 348 g/mol. The first-order chi connectivity index (χ1) is 11.6. The van der Waals surface area contributed by atoms with Crippen molar-refractivity contribution < 1.29 is 14.4 Å². The first-order valence-corrected chi connectivity index (χ1v) is 8.80. The molecule has 6 heteroatoms. The van der Waals surface area contributed by atoms with Crippen LogP contribution in [-0.2, 0) is 20.8 Å². The van der Waals surface area contributed by atoms with Crippen molar-refractivity contribution in [2.45, 2.75) is 32.1 Å². The predicted molar refractivity (Wildman–Crippen MR) is 90.3 cm³/mol. The summed E-state index contributed by atoms with van der Waals surface area (Å²) in [4.78, 5) is 37.9. The Hall–Kier alpha value is -1.88. The van der Waals surface area contributed by atoms with E-state index in [1.807, 2.05) is 24.3 Å². The van der Waals surface area contributed by atoms with Gasteiger partial charge in [0.25, 0.3) is 0 Å². The van der Waals surface area contributed by atoms with Crippen molar-refractivity contribution in [2.75, 3.05) is 13.1 Å². The first kappa shape index (κ1) is 17.0. The Kier molecular flexibility index (Phi) is 5.19. The topological polar surface area (TPSA) is 66.5 Å². The highest BCUT2D eigenvalue weighted by Crippen LogP contribution is 2.37. The highest BCUT2D eigenvalue weighted by Gasteiger charge is 2.48. The van der Waals surface area contributed by atoms with E-state index in [2.05, 4.69) is 5.32 Å². The normalized spacial score (nSPS) is 23.3. The van der Waals surface area contributed by atoms with Crippen LogP contribution in [0.1, 0.15) is 31.2 Å². The molecule has 1 saturated carbocycles. The van der Waals surface area contributed by atoms with E-state index in [4.69, 9.17) is 11.6 Å². The van der Waals surface area contributed by atoms with E-state index in [0.29, 0.717) is 18.0 Å². The van der Waals surface area contributed by atoms with Crippen LogP contribution in [-0.4, -0.2) is 35.7 Å². The van der Waals surface area contributed by atoms with Crippen molar-refractivity contribution in [3.05, 3.63) is 34.9 Å². The molecule has 0 spiro atoms. The SMILES string of the molecule is O=C(CN1C(=O)[C@@H]2CCCC[C@H]2C1=O)NCCc1ccc(Cl)cc1. The summed E-state index contributed by atoms with van der Waals surface area (Å²) in [5.41, 5.74) is 1.07. The second-order valence-electron chi connectivity index (χ2n) is 6.49. The largest absolute Gasteiger partial charge is 0.354 e. The van der Waals surface area contributed by atoms with Gasteiger partial charge in [-0.1, -0.05) is 36.6 Å². The molecule has 1 aromatic rings. The number of hydrogen-bond donors (Lipinski definition) is 1. The summed E-state index contributed by atoms with van der Waals surface area (Å²) in [5.74, 6) is -1.03. The summed E-state index contributed by atoms with van der Waals surface area (Å²) in [5, 5.41) is 3.45. The molecule has 1 saturated heterocycles. The summed E-state index contributed by atoms with van der Waals surface area (Å²) >= 11 is 5.83. The van der Waals surface area contributed by atoms with Gasteiger partial charge in [0, 0.05) is 11.6 Å². The second-order valence-corrected chi connectivity index (χ2v) is 6.92. The van der Waals surface area contributed by atoms with Crippen LogP contribution in [0.15, 0.2) is 24.3 Å². The number of likely N-dealkylation sites (tertiary alicyclic amines) is 1. The fourth-order valence-electron chi connectivity index (χ4n) is 3.58. The molecule has 0 radical (unpaired) electrons. The highest BCUT2D eigenvalue weighted by atomic mass is 35.5. The third-order valence-corrected chi connectivity index (χ3v) is 5.14. The minimum Gasteiger partial charge on any atom is -0.354 e. The number of hydrogen-bond acceptors (Lipinski definition) is 3. The minimum absolute atomic E-state index is 0.161. The van der Waals surface area contributed by atoms with Crippen molar-refractivity contribution in [1.82, 2.24) is 10.2 Å². The second kappa shape index (κ2) is 7.34. The van der Waals surface area contributed by atoms with Gasteiger partial charge in [-0.15, -0.1) is 0 Å². The molecule has 0 bridgehead atoms. The van der Waals surface area contributed by atoms with Crippen LogP contribution in [0.2, 0.25) is 5.02 Å². The van der Waals surface area contributed by atoms with Gasteiger partial charge in [0.05, 0.1) is 11.8 Å². The lowest BCUT2D eigenvalue weighted by Gasteiger charge is -2.19. The summed E-state index contributed by atoms with van der Waals surface area (Å²) in [7, 11) is 0. The van der Waals surface area contributed by atoms with Gasteiger partial charge in [-0.25, -0.2) is 0 Å². The standard InChI is InChI=1S/C18H21ClN2O3/c19-13-7-5-12(6-8-13)9-10-20-16(22)11-21-17(23)14-3-1-2-4-15(14)18(21)24/h5-8,14-15H,1-4,9-11H2,(H,20,22)/t14-,15-/m1/s1. The third kappa shape index (κ3) is 3.61. The fraction of sp³-hybridized carbons (Fsp3) is 0.500. The molecule has 5 nitrogen and oxygen atoms in total. The number of nitrogens with zero attached hydrogens (tertiary/aromatic N) is 1. The molecule has 24 heavy (non-hydrogen) atoms. The van der Waals surface area contributed by atoms with E-state index in [1.54, 1.807) is 0 Å². The Labute approximate surface area is 146 Å². The number of fused-ring (bicyclic) bond motifs is 1. The van der Waals surface area contributed by atoms with Crippen LogP contribution in [0.4, 0.5) is 0 Å². The van der Waals surface area contributed by atoms with Crippen LogP contribution in [0.3, 0.4) is 0 Å². The van der Waals surface area contributed by atoms with Crippen molar-refractivity contribution in [3.8, 4) is 0 Å². The Morgan fingerprint density at radius 3 is 2.25 bits per heavy atom. The number of carbonyl (C=O) groups is 3. The van der Waals surface area contributed by atoms with Crippen LogP contribution < -0.4 is 5.32 Å². The van der Waals surface area contributed by atoms with Crippen molar-refractivity contribution >= 4 is 29.3 Å². The molecule has 2 aliphatic rings. The maximum Gasteiger partial charge on any atom is 0.240 e. The zero-order valence-electron chi connectivity index (χ0n) is 13.5. The number of carbonyl (C=O) groups excluding carboxylic acids is 3. The molecule has 1 aliphatic heterocycles. The Bertz CT molecular complexity index is 620. The maximum atomic E-state index is 12.3. The van der Waals surface area contributed by atoms with Gasteiger partial charge in [0.1, 0.15) is 6.54 Å². The average Bonchev–Trinajstić information content (AvgIpc) is 2.82. The first-order valence-electron chi connectivity index (χ1n) is 8.42. The van der Waals surface area contributed by atoms with E-state index < -0.39 is 0 Å². The third-order valence-electron chi connectivity index (χ3n) is 4.88. The molecular weight excluding hydrogens is 328 g/mol. The van der Waals surface area contributed by atoms with E-state index >= 15 is 0 Å². The number of rotatable bonds is 5. The fourth-order valence-corrected chi connectivity index (χ4v) is 3.71. The maximum absolute atomic E-state index is 12.3. The van der Waals surface area contributed by atoms with E-state index in [0.717, 1.165) is 36.1 Å². The quantitative estimate of drug-likeness (QED) is 0.829. The van der Waals surface area contributed by atoms with Gasteiger partial charge in [-0.05, 0) is 37.0 Å². The molecule has 2 atom stereocenters. The van der Waals surface area contributed by atoms with Crippen LogP contribution in [0, 0.1) is 11.8 Å². The Balaban J connectivity index is 1.48. The number of nitrogens with one attached hydrogen (secondary N) is 1. The lowest BCUT2D eigenvalue weighted by Crippen LogP contribution is -2.41. The lowest BCUT2D eigenvalue weighted by molar-refractivity contribution is -0.143. The summed E-state index contributed by atoms with van der Waals surface area (Å²) < 4.78 is 0. The zero-order valence-corrected chi connectivity index (χ0v) is 14.2. The molecule has 1 heterocycles. The summed E-state index contributed by atoms with van der Waals surface area (Å²) in [6.07, 6.45) is 4.19. The smallest absolute Gasteiger partial charge is 0.240 e. The molecule has 1 aliphatic carbocycles. The van der Waals surface area contributed by atoms with E-state index in [-0.39, 0.29) is 36.1 Å². The van der Waals surface area contributed by atoms with Crippen LogP contribution >= 0.6 is 11.6 Å². The van der Waals surface area contributed by atoms with Gasteiger partial charge in [-0.2, -0.15) is 0 Å². The van der Waals surface area contributed by atoms with Gasteiger partial charge < -0.3 is 5.32 Å². The van der Waals surface area contributed by atoms with Gasteiger partial charge >= 0.3 is 0 Å². The van der Waals surface area contributed by atoms with Gasteiger partial charge in [0.15, 0.2) is 0 Å². The Morgan fingerprint density at radius 2 is 1.67 bits per heavy atom. The molecule has 3 rings (SSSR count). The number of imide groups is 1. The molecule has 0 unspecified atom stereocenters. The highest BCUT2D eigenvalue weighted by molar-refractivity contribution is 6.30. The van der Waals surface area contributed by atoms with Crippen molar-refractivity contribution in [3.63, 3.8) is 0 Å². The van der Waals surface area contributed by atoms with Gasteiger partial charge in [-0.3, -0.25) is 19.3 Å². The number of benzene rings is 1. The molecule has 0 aromatic heterocycles. The molecular formula is C18H21ClN2O3. The molecule has 1 aromatic carbocycles. The summed E-state index contributed by atoms with van der Waals surface area (Å²) in [6.45, 7) is 0.300. The lowest BCUT2D eigenvalue weighted by atomic mass is 9.81. The zero-order chi connectivity index (χ0) is 17.1. The summed E-state index contributed by atoms with van der Waals surface area (Å²) in [6, 6.07) is 7.43. The van der Waals surface area contributed by atoms with E-state index in [9.17, 15) is 14.4 Å².